The fourth-order valence-corrected chi connectivity index (χ4v) is 2.81. The van der Waals surface area contributed by atoms with Crippen molar-refractivity contribution in [2.24, 2.45) is 16.6 Å². The lowest BCUT2D eigenvalue weighted by molar-refractivity contribution is -0.138. The molecule has 1 aromatic heterocycles. The van der Waals surface area contributed by atoms with Gasteiger partial charge in [-0.1, -0.05) is 18.2 Å². The molecule has 174 valence electrons. The number of halogens is 3. The molecule has 32 heavy (non-hydrogen) atoms. The molecule has 2 aromatic rings. The van der Waals surface area contributed by atoms with Gasteiger partial charge in [0.15, 0.2) is 5.82 Å². The lowest BCUT2D eigenvalue weighted by Gasteiger charge is -2.15. The minimum absolute atomic E-state index is 0.00193. The lowest BCUT2D eigenvalue weighted by Crippen LogP contribution is -2.40. The molecule has 0 saturated carbocycles. The second kappa shape index (κ2) is 10.5. The van der Waals surface area contributed by atoms with Gasteiger partial charge in [-0.15, -0.1) is 0 Å². The molecular formula is C19H24F3N7O3. The van der Waals surface area contributed by atoms with E-state index in [9.17, 15) is 22.8 Å². The molecule has 2 rings (SSSR count). The molecule has 0 spiro atoms. The zero-order chi connectivity index (χ0) is 23.9. The molecule has 10 nitrogen and oxygen atoms in total. The monoisotopic (exact) mass is 455 g/mol. The van der Waals surface area contributed by atoms with Crippen LogP contribution < -0.4 is 27.7 Å². The van der Waals surface area contributed by atoms with Gasteiger partial charge in [0, 0.05) is 12.2 Å². The largest absolute Gasteiger partial charge is 0.416 e. The van der Waals surface area contributed by atoms with Gasteiger partial charge in [-0.25, -0.2) is 14.3 Å². The Bertz CT molecular complexity index is 1050. The van der Waals surface area contributed by atoms with Gasteiger partial charge in [0.2, 0.25) is 5.96 Å². The minimum Gasteiger partial charge on any atom is -0.391 e. The molecule has 1 heterocycles. The summed E-state index contributed by atoms with van der Waals surface area (Å²) in [5.41, 5.74) is 9.52. The minimum atomic E-state index is -4.48. The second-order valence-electron chi connectivity index (χ2n) is 6.68. The predicted molar refractivity (Wildman–Crippen MR) is 112 cm³/mol. The van der Waals surface area contributed by atoms with Crippen LogP contribution in [0.4, 0.5) is 23.8 Å². The van der Waals surface area contributed by atoms with E-state index < -0.39 is 23.3 Å². The molecule has 0 radical (unpaired) electrons. The summed E-state index contributed by atoms with van der Waals surface area (Å²) in [6.07, 6.45) is -4.48. The normalized spacial score (nSPS) is 11.0. The van der Waals surface area contributed by atoms with Gasteiger partial charge in [0.1, 0.15) is 6.61 Å². The zero-order valence-electron chi connectivity index (χ0n) is 17.5. The number of nitrogens with zero attached hydrogens (tertiary/aromatic N) is 3. The van der Waals surface area contributed by atoms with Crippen LogP contribution in [0.2, 0.25) is 0 Å². The zero-order valence-corrected chi connectivity index (χ0v) is 17.5. The summed E-state index contributed by atoms with van der Waals surface area (Å²) >= 11 is 0. The first-order chi connectivity index (χ1) is 15.0. The van der Waals surface area contributed by atoms with Crippen molar-refractivity contribution in [1.82, 2.24) is 14.9 Å². The molecule has 1 amide bonds. The van der Waals surface area contributed by atoms with Crippen molar-refractivity contribution in [3.05, 3.63) is 57.1 Å². The summed E-state index contributed by atoms with van der Waals surface area (Å²) < 4.78 is 40.3. The Hall–Kier alpha value is -3.77. The van der Waals surface area contributed by atoms with E-state index in [4.69, 9.17) is 16.3 Å². The fraction of sp³-hybridized carbons (Fsp3) is 0.368. The third kappa shape index (κ3) is 6.36. The van der Waals surface area contributed by atoms with Crippen LogP contribution in [0.1, 0.15) is 22.5 Å². The van der Waals surface area contributed by atoms with Crippen LogP contribution in [0.5, 0.6) is 0 Å². The van der Waals surface area contributed by atoms with E-state index >= 15 is 0 Å². The van der Waals surface area contributed by atoms with E-state index in [0.717, 1.165) is 10.6 Å². The number of hydrogen-bond acceptors (Lipinski definition) is 6. The highest BCUT2D eigenvalue weighted by Gasteiger charge is 2.32. The van der Waals surface area contributed by atoms with E-state index in [1.54, 1.807) is 13.8 Å². The van der Waals surface area contributed by atoms with Crippen molar-refractivity contribution in [1.29, 1.82) is 0 Å². The van der Waals surface area contributed by atoms with Crippen LogP contribution in [0.25, 0.3) is 0 Å². The molecular weight excluding hydrogens is 431 g/mol. The maximum absolute atomic E-state index is 13.1. The number of carbonyl (C=O) groups excluding carboxylic acids is 1. The summed E-state index contributed by atoms with van der Waals surface area (Å²) in [7, 11) is 0. The number of hydrogen-bond donors (Lipinski definition) is 4. The summed E-state index contributed by atoms with van der Waals surface area (Å²) in [6, 6.07) is 4.46. The fourth-order valence-electron chi connectivity index (χ4n) is 2.81. The van der Waals surface area contributed by atoms with Crippen molar-refractivity contribution in [2.45, 2.75) is 26.4 Å². The van der Waals surface area contributed by atoms with Crippen LogP contribution in [0.3, 0.4) is 0 Å². The van der Waals surface area contributed by atoms with Gasteiger partial charge < -0.3 is 26.9 Å². The maximum Gasteiger partial charge on any atom is 0.416 e. The van der Waals surface area contributed by atoms with Crippen molar-refractivity contribution >= 4 is 17.8 Å². The first-order valence-corrected chi connectivity index (χ1v) is 9.50. The van der Waals surface area contributed by atoms with Gasteiger partial charge in [-0.3, -0.25) is 4.79 Å². The number of carbonyl (C=O) groups is 1. The topological polar surface area (TPSA) is 150 Å². The summed E-state index contributed by atoms with van der Waals surface area (Å²) in [4.78, 5) is 34.1. The number of aryl methyl sites for hydroxylation is 1. The predicted octanol–water partition coefficient (Wildman–Crippen LogP) is 1.30. The molecule has 0 saturated heterocycles. The van der Waals surface area contributed by atoms with Gasteiger partial charge in [0.05, 0.1) is 17.8 Å². The number of rotatable bonds is 8. The van der Waals surface area contributed by atoms with Crippen molar-refractivity contribution in [3.8, 4) is 0 Å². The first-order valence-electron chi connectivity index (χ1n) is 9.50. The third-order valence-corrected chi connectivity index (χ3v) is 4.40. The van der Waals surface area contributed by atoms with E-state index in [-0.39, 0.29) is 43.5 Å². The Kier molecular flexibility index (Phi) is 8.04. The number of benzene rings is 1. The molecule has 0 aliphatic carbocycles. The third-order valence-electron chi connectivity index (χ3n) is 4.40. The van der Waals surface area contributed by atoms with Crippen LogP contribution in [-0.2, 0) is 17.4 Å². The highest BCUT2D eigenvalue weighted by atomic mass is 19.4. The number of guanidine groups is 1. The lowest BCUT2D eigenvalue weighted by atomic mass is 10.0. The SMILES string of the molecule is Cc1nc(NCCc2ccccc2C(F)(F)F)c(=O)n(C(=O)NCCON=C(N)N)c1C. The number of nitrogens with two attached hydrogens (primary N) is 2. The highest BCUT2D eigenvalue weighted by Crippen LogP contribution is 2.31. The van der Waals surface area contributed by atoms with E-state index in [1.807, 2.05) is 0 Å². The Morgan fingerprint density at radius 1 is 1.22 bits per heavy atom. The average molecular weight is 455 g/mol. The second-order valence-corrected chi connectivity index (χ2v) is 6.68. The van der Waals surface area contributed by atoms with Crippen molar-refractivity contribution in [3.63, 3.8) is 0 Å². The number of aromatic nitrogens is 2. The van der Waals surface area contributed by atoms with E-state index in [2.05, 4.69) is 20.8 Å². The number of nitrogens with one attached hydrogen (secondary N) is 2. The molecule has 0 bridgehead atoms. The van der Waals surface area contributed by atoms with Gasteiger partial charge in [0.25, 0.3) is 0 Å². The number of anilines is 1. The van der Waals surface area contributed by atoms with E-state index in [0.29, 0.717) is 11.4 Å². The van der Waals surface area contributed by atoms with Gasteiger partial charge in [-0.2, -0.15) is 13.2 Å². The molecule has 13 heteroatoms. The summed E-state index contributed by atoms with van der Waals surface area (Å²) in [5.74, 6) is -0.425. The Balaban J connectivity index is 2.11. The Morgan fingerprint density at radius 2 is 1.91 bits per heavy atom. The van der Waals surface area contributed by atoms with Crippen LogP contribution in [0, 0.1) is 13.8 Å². The molecule has 0 aliphatic heterocycles. The number of oxime groups is 1. The Morgan fingerprint density at radius 3 is 2.56 bits per heavy atom. The maximum atomic E-state index is 13.1. The molecule has 1 aromatic carbocycles. The van der Waals surface area contributed by atoms with Gasteiger partial charge >= 0.3 is 17.8 Å². The number of amides is 1. The highest BCUT2D eigenvalue weighted by molar-refractivity contribution is 5.78. The molecule has 0 aliphatic rings. The smallest absolute Gasteiger partial charge is 0.391 e. The molecule has 6 N–H and O–H groups in total. The van der Waals surface area contributed by atoms with E-state index in [1.165, 1.54) is 18.2 Å². The molecule has 0 fully saturated rings. The summed E-state index contributed by atoms with van der Waals surface area (Å²) in [6.45, 7) is 3.13. The number of alkyl halides is 3. The van der Waals surface area contributed by atoms with Crippen LogP contribution in [0.15, 0.2) is 34.2 Å². The molecule has 0 unspecified atom stereocenters. The first kappa shape index (κ1) is 24.5. The quantitative estimate of drug-likeness (QED) is 0.203. The van der Waals surface area contributed by atoms with Gasteiger partial charge in [-0.05, 0) is 37.1 Å². The van der Waals surface area contributed by atoms with Crippen LogP contribution >= 0.6 is 0 Å². The summed E-state index contributed by atoms with van der Waals surface area (Å²) in [5, 5.41) is 8.51. The van der Waals surface area contributed by atoms with Crippen molar-refractivity contribution in [2.75, 3.05) is 25.0 Å². The molecule has 0 atom stereocenters. The average Bonchev–Trinajstić information content (AvgIpc) is 2.71. The van der Waals surface area contributed by atoms with Crippen molar-refractivity contribution < 1.29 is 22.8 Å². The van der Waals surface area contributed by atoms with Crippen LogP contribution in [-0.4, -0.2) is 41.2 Å². The standard InChI is InChI=1S/C19H24F3N7O3/c1-11-12(2)29(18(31)26-9-10-32-28-17(23)24)16(30)15(27-11)25-8-7-13-5-3-4-6-14(13)19(20,21)22/h3-6H,7-10H2,1-2H3,(H,25,27)(H,26,31)(H4,23,24,28). The Labute approximate surface area is 181 Å².